The molecule has 0 fully saturated rings. The summed E-state index contributed by atoms with van der Waals surface area (Å²) in [5, 5.41) is 12.9. The number of urea groups is 1. The molecule has 1 rings (SSSR count). The molecule has 0 unspecified atom stereocenters. The highest BCUT2D eigenvalue weighted by molar-refractivity contribution is 9.10. The Labute approximate surface area is 126 Å². The lowest BCUT2D eigenvalue weighted by atomic mass is 10.1. The van der Waals surface area contributed by atoms with Crippen LogP contribution in [0.15, 0.2) is 22.7 Å². The van der Waals surface area contributed by atoms with Gasteiger partial charge in [0.15, 0.2) is 0 Å². The van der Waals surface area contributed by atoms with Crippen molar-refractivity contribution in [3.05, 3.63) is 28.2 Å². The third kappa shape index (κ3) is 4.92. The van der Waals surface area contributed by atoms with Crippen LogP contribution in [0.1, 0.15) is 18.9 Å². The minimum atomic E-state index is -4.65. The van der Waals surface area contributed by atoms with E-state index in [9.17, 15) is 22.8 Å². The lowest BCUT2D eigenvalue weighted by Crippen LogP contribution is -2.42. The van der Waals surface area contributed by atoms with E-state index in [0.717, 1.165) is 12.1 Å². The van der Waals surface area contributed by atoms with Crippen molar-refractivity contribution in [2.24, 2.45) is 0 Å². The van der Waals surface area contributed by atoms with Gasteiger partial charge in [-0.3, -0.25) is 0 Å². The van der Waals surface area contributed by atoms with E-state index in [1.807, 2.05) is 5.32 Å². The third-order valence-corrected chi connectivity index (χ3v) is 3.04. The first-order valence-electron chi connectivity index (χ1n) is 5.82. The number of halogens is 4. The summed E-state index contributed by atoms with van der Waals surface area (Å²) >= 11 is 2.92. The fourth-order valence-electron chi connectivity index (χ4n) is 1.52. The normalized spacial score (nSPS) is 12.6. The van der Waals surface area contributed by atoms with Gasteiger partial charge in [0.1, 0.15) is 6.04 Å². The number of rotatable bonds is 4. The predicted molar refractivity (Wildman–Crippen MR) is 73.0 cm³/mol. The van der Waals surface area contributed by atoms with Crippen LogP contribution in [0.4, 0.5) is 23.7 Å². The molecule has 1 atom stereocenters. The maximum atomic E-state index is 12.8. The number of amides is 2. The lowest BCUT2D eigenvalue weighted by Gasteiger charge is -2.16. The molecular weight excluding hydrogens is 357 g/mol. The predicted octanol–water partition coefficient (Wildman–Crippen LogP) is 3.45. The number of alkyl halides is 3. The number of benzene rings is 1. The first kappa shape index (κ1) is 17.3. The maximum Gasteiger partial charge on any atom is 0.418 e. The molecule has 0 aliphatic carbocycles. The average Bonchev–Trinajstić information content (AvgIpc) is 2.36. The Morgan fingerprint density at radius 1 is 1.38 bits per heavy atom. The molecule has 116 valence electrons. The smallest absolute Gasteiger partial charge is 0.418 e. The van der Waals surface area contributed by atoms with E-state index in [1.54, 1.807) is 0 Å². The van der Waals surface area contributed by atoms with Gasteiger partial charge in [-0.05, 0) is 24.6 Å². The summed E-state index contributed by atoms with van der Waals surface area (Å²) in [6.07, 6.45) is -4.54. The largest absolute Gasteiger partial charge is 0.480 e. The number of nitrogens with one attached hydrogen (secondary N) is 2. The molecule has 0 saturated carbocycles. The molecular formula is C12H12BrF3N2O3. The van der Waals surface area contributed by atoms with E-state index in [2.05, 4.69) is 21.2 Å². The van der Waals surface area contributed by atoms with Gasteiger partial charge in [0.05, 0.1) is 11.3 Å². The van der Waals surface area contributed by atoms with Gasteiger partial charge < -0.3 is 15.7 Å². The summed E-state index contributed by atoms with van der Waals surface area (Å²) in [7, 11) is 0. The van der Waals surface area contributed by atoms with E-state index in [-0.39, 0.29) is 10.9 Å². The minimum absolute atomic E-state index is 0.106. The Kier molecular flexibility index (Phi) is 5.59. The second kappa shape index (κ2) is 6.79. The Bertz CT molecular complexity index is 549. The molecule has 0 aromatic heterocycles. The molecule has 3 N–H and O–H groups in total. The summed E-state index contributed by atoms with van der Waals surface area (Å²) in [5.74, 6) is -1.26. The van der Waals surface area contributed by atoms with Gasteiger partial charge >= 0.3 is 18.2 Å². The number of aliphatic carboxylic acids is 1. The number of carbonyl (C=O) groups is 2. The molecule has 0 aliphatic rings. The molecule has 5 nitrogen and oxygen atoms in total. The van der Waals surface area contributed by atoms with Crippen LogP contribution < -0.4 is 10.6 Å². The monoisotopic (exact) mass is 368 g/mol. The van der Waals surface area contributed by atoms with Crippen molar-refractivity contribution in [3.8, 4) is 0 Å². The standard InChI is InChI=1S/C12H12BrF3N2O3/c1-2-8(10(19)20)17-11(21)18-9-4-3-6(13)5-7(9)12(14,15)16/h3-5,8H,2H2,1H3,(H,19,20)(H2,17,18,21)/t8-/m1/s1. The molecule has 0 spiro atoms. The Balaban J connectivity index is 2.93. The third-order valence-electron chi connectivity index (χ3n) is 2.55. The van der Waals surface area contributed by atoms with Gasteiger partial charge in [-0.2, -0.15) is 13.2 Å². The van der Waals surface area contributed by atoms with Crippen LogP contribution in [-0.2, 0) is 11.0 Å². The van der Waals surface area contributed by atoms with Gasteiger partial charge in [0.25, 0.3) is 0 Å². The van der Waals surface area contributed by atoms with Crippen molar-refractivity contribution in [1.29, 1.82) is 0 Å². The molecule has 1 aromatic carbocycles. The first-order chi connectivity index (χ1) is 9.65. The number of hydrogen-bond acceptors (Lipinski definition) is 2. The van der Waals surface area contributed by atoms with Crippen molar-refractivity contribution >= 4 is 33.6 Å². The molecule has 9 heteroatoms. The highest BCUT2D eigenvalue weighted by Gasteiger charge is 2.34. The van der Waals surface area contributed by atoms with Crippen molar-refractivity contribution in [2.75, 3.05) is 5.32 Å². The van der Waals surface area contributed by atoms with Crippen LogP contribution in [0.3, 0.4) is 0 Å². The number of carboxylic acid groups (broad SMARTS) is 1. The van der Waals surface area contributed by atoms with Crippen molar-refractivity contribution in [2.45, 2.75) is 25.6 Å². The van der Waals surface area contributed by atoms with Crippen molar-refractivity contribution in [1.82, 2.24) is 5.32 Å². The molecule has 0 bridgehead atoms. The Hall–Kier alpha value is -1.77. The first-order valence-corrected chi connectivity index (χ1v) is 6.61. The molecule has 0 heterocycles. The fraction of sp³-hybridized carbons (Fsp3) is 0.333. The van der Waals surface area contributed by atoms with Gasteiger partial charge in [-0.15, -0.1) is 0 Å². The molecule has 0 radical (unpaired) electrons. The number of hydrogen-bond donors (Lipinski definition) is 3. The maximum absolute atomic E-state index is 12.8. The highest BCUT2D eigenvalue weighted by Crippen LogP contribution is 2.36. The number of carboxylic acids is 1. The minimum Gasteiger partial charge on any atom is -0.480 e. The highest BCUT2D eigenvalue weighted by atomic mass is 79.9. The van der Waals surface area contributed by atoms with Crippen molar-refractivity contribution in [3.63, 3.8) is 0 Å². The lowest BCUT2D eigenvalue weighted by molar-refractivity contribution is -0.139. The summed E-state index contributed by atoms with van der Waals surface area (Å²) in [6, 6.07) is 1.05. The topological polar surface area (TPSA) is 78.4 Å². The molecule has 1 aromatic rings. The number of carbonyl (C=O) groups excluding carboxylic acids is 1. The summed E-state index contributed by atoms with van der Waals surface area (Å²) in [6.45, 7) is 1.53. The zero-order valence-corrected chi connectivity index (χ0v) is 12.4. The molecule has 21 heavy (non-hydrogen) atoms. The second-order valence-corrected chi connectivity index (χ2v) is 5.00. The molecule has 2 amide bonds. The van der Waals surface area contributed by atoms with Crippen molar-refractivity contribution < 1.29 is 27.9 Å². The Morgan fingerprint density at radius 2 is 2.00 bits per heavy atom. The van der Waals surface area contributed by atoms with Gasteiger partial charge in [-0.1, -0.05) is 22.9 Å². The average molecular weight is 369 g/mol. The quantitative estimate of drug-likeness (QED) is 0.761. The molecule has 0 saturated heterocycles. The SMILES string of the molecule is CC[C@@H](NC(=O)Nc1ccc(Br)cc1C(F)(F)F)C(=O)O. The summed E-state index contributed by atoms with van der Waals surface area (Å²) in [5.41, 5.74) is -1.49. The van der Waals surface area contributed by atoms with Gasteiger partial charge in [-0.25, -0.2) is 9.59 Å². The number of anilines is 1. The summed E-state index contributed by atoms with van der Waals surface area (Å²) in [4.78, 5) is 22.3. The van der Waals surface area contributed by atoms with E-state index >= 15 is 0 Å². The van der Waals surface area contributed by atoms with Crippen LogP contribution in [0.25, 0.3) is 0 Å². The van der Waals surface area contributed by atoms with Gasteiger partial charge in [0.2, 0.25) is 0 Å². The van der Waals surface area contributed by atoms with E-state index in [1.165, 1.54) is 13.0 Å². The zero-order chi connectivity index (χ0) is 16.2. The fourth-order valence-corrected chi connectivity index (χ4v) is 1.88. The second-order valence-electron chi connectivity index (χ2n) is 4.09. The van der Waals surface area contributed by atoms with Crippen LogP contribution in [0, 0.1) is 0 Å². The van der Waals surface area contributed by atoms with Crippen LogP contribution in [-0.4, -0.2) is 23.1 Å². The summed E-state index contributed by atoms with van der Waals surface area (Å²) < 4.78 is 38.8. The van der Waals surface area contributed by atoms with Crippen LogP contribution >= 0.6 is 15.9 Å². The van der Waals surface area contributed by atoms with Crippen LogP contribution in [0.2, 0.25) is 0 Å². The van der Waals surface area contributed by atoms with Gasteiger partial charge in [0, 0.05) is 4.47 Å². The molecule has 0 aliphatic heterocycles. The zero-order valence-electron chi connectivity index (χ0n) is 10.8. The van der Waals surface area contributed by atoms with E-state index in [4.69, 9.17) is 5.11 Å². The Morgan fingerprint density at radius 3 is 2.48 bits per heavy atom. The van der Waals surface area contributed by atoms with E-state index in [0.29, 0.717) is 0 Å². The van der Waals surface area contributed by atoms with Crippen LogP contribution in [0.5, 0.6) is 0 Å². The van der Waals surface area contributed by atoms with E-state index < -0.39 is 35.5 Å².